The second-order valence-corrected chi connectivity index (χ2v) is 5.94. The van der Waals surface area contributed by atoms with Gasteiger partial charge in [0.1, 0.15) is 0 Å². The van der Waals surface area contributed by atoms with Crippen molar-refractivity contribution >= 4 is 12.0 Å². The van der Waals surface area contributed by atoms with Gasteiger partial charge in [-0.05, 0) is 38.5 Å². The quantitative estimate of drug-likeness (QED) is 0.821. The fourth-order valence-corrected chi connectivity index (χ4v) is 3.09. The van der Waals surface area contributed by atoms with Crippen LogP contribution in [0.3, 0.4) is 0 Å². The molecule has 0 spiro atoms. The Labute approximate surface area is 114 Å². The summed E-state index contributed by atoms with van der Waals surface area (Å²) in [5.74, 6) is -0.754. The van der Waals surface area contributed by atoms with Crippen LogP contribution in [0.2, 0.25) is 0 Å². The van der Waals surface area contributed by atoms with E-state index in [2.05, 4.69) is 5.32 Å². The molecule has 0 aromatic heterocycles. The molecular formula is C14H24N2O3. The van der Waals surface area contributed by atoms with Gasteiger partial charge in [-0.2, -0.15) is 0 Å². The number of hydrogen-bond donors (Lipinski definition) is 2. The summed E-state index contributed by atoms with van der Waals surface area (Å²) in [6, 6.07) is 0.228. The Hall–Kier alpha value is -1.26. The molecule has 1 atom stereocenters. The van der Waals surface area contributed by atoms with E-state index < -0.39 is 11.4 Å². The zero-order valence-corrected chi connectivity index (χ0v) is 11.7. The van der Waals surface area contributed by atoms with Crippen LogP contribution < -0.4 is 5.32 Å². The maximum Gasteiger partial charge on any atom is 0.317 e. The second-order valence-electron chi connectivity index (χ2n) is 5.94. The highest BCUT2D eigenvalue weighted by Gasteiger charge is 2.43. The van der Waals surface area contributed by atoms with Crippen molar-refractivity contribution in [2.45, 2.75) is 57.9 Å². The lowest BCUT2D eigenvalue weighted by atomic mass is 9.76. The van der Waals surface area contributed by atoms with Crippen LogP contribution in [0.15, 0.2) is 0 Å². The van der Waals surface area contributed by atoms with Gasteiger partial charge in [0.15, 0.2) is 0 Å². The lowest BCUT2D eigenvalue weighted by Gasteiger charge is -2.41. The first-order valence-electron chi connectivity index (χ1n) is 7.36. The normalized spacial score (nSPS) is 27.7. The third kappa shape index (κ3) is 3.01. The van der Waals surface area contributed by atoms with Crippen LogP contribution in [0.4, 0.5) is 4.79 Å². The van der Waals surface area contributed by atoms with Gasteiger partial charge in [0.05, 0.1) is 5.41 Å². The standard InChI is InChI=1S/C14H24N2O3/c1-2-7-14(12(17)18)8-4-9-16(10-14)13(19)15-11-5-3-6-11/h11H,2-10H2,1H3,(H,15,19)(H,17,18). The number of carbonyl (C=O) groups is 2. The van der Waals surface area contributed by atoms with Crippen LogP contribution in [0, 0.1) is 5.41 Å². The molecule has 1 unspecified atom stereocenters. The molecule has 1 heterocycles. The molecule has 5 nitrogen and oxygen atoms in total. The minimum absolute atomic E-state index is 0.0777. The summed E-state index contributed by atoms with van der Waals surface area (Å²) in [7, 11) is 0. The van der Waals surface area contributed by atoms with Crippen LogP contribution in [-0.2, 0) is 4.79 Å². The largest absolute Gasteiger partial charge is 0.481 e. The Morgan fingerprint density at radius 2 is 2.11 bits per heavy atom. The van der Waals surface area contributed by atoms with Crippen LogP contribution in [0.5, 0.6) is 0 Å². The van der Waals surface area contributed by atoms with Crippen molar-refractivity contribution in [3.05, 3.63) is 0 Å². The lowest BCUT2D eigenvalue weighted by Crippen LogP contribution is -2.54. The van der Waals surface area contributed by atoms with Crippen molar-refractivity contribution in [1.29, 1.82) is 0 Å². The highest BCUT2D eigenvalue weighted by molar-refractivity contribution is 5.79. The smallest absolute Gasteiger partial charge is 0.317 e. The van der Waals surface area contributed by atoms with Gasteiger partial charge in [-0.3, -0.25) is 4.79 Å². The maximum atomic E-state index is 12.1. The number of likely N-dealkylation sites (tertiary alicyclic amines) is 1. The number of urea groups is 1. The molecule has 1 aliphatic carbocycles. The number of piperidine rings is 1. The monoisotopic (exact) mass is 268 g/mol. The molecule has 0 aromatic rings. The fraction of sp³-hybridized carbons (Fsp3) is 0.857. The van der Waals surface area contributed by atoms with Crippen molar-refractivity contribution in [1.82, 2.24) is 10.2 Å². The summed E-state index contributed by atoms with van der Waals surface area (Å²) in [5.41, 5.74) is -0.732. The molecule has 2 rings (SSSR count). The number of aliphatic carboxylic acids is 1. The fourth-order valence-electron chi connectivity index (χ4n) is 3.09. The number of carboxylic acids is 1. The molecule has 2 aliphatic rings. The molecule has 2 amide bonds. The second kappa shape index (κ2) is 5.80. The zero-order valence-electron chi connectivity index (χ0n) is 11.7. The summed E-state index contributed by atoms with van der Waals surface area (Å²) in [6.45, 7) is 3.03. The van der Waals surface area contributed by atoms with E-state index in [1.165, 1.54) is 6.42 Å². The molecule has 108 valence electrons. The van der Waals surface area contributed by atoms with E-state index in [9.17, 15) is 14.7 Å². The highest BCUT2D eigenvalue weighted by atomic mass is 16.4. The molecule has 0 radical (unpaired) electrons. The van der Waals surface area contributed by atoms with Gasteiger partial charge >= 0.3 is 12.0 Å². The minimum atomic E-state index is -0.754. The summed E-state index contributed by atoms with van der Waals surface area (Å²) in [5, 5.41) is 12.5. The molecule has 1 saturated heterocycles. The Balaban J connectivity index is 1.97. The first-order valence-corrected chi connectivity index (χ1v) is 7.36. The number of nitrogens with one attached hydrogen (secondary N) is 1. The summed E-state index contributed by atoms with van der Waals surface area (Å²) in [6.07, 6.45) is 6.24. The maximum absolute atomic E-state index is 12.1. The summed E-state index contributed by atoms with van der Waals surface area (Å²) < 4.78 is 0. The number of amides is 2. The average Bonchev–Trinajstić information content (AvgIpc) is 2.34. The first-order chi connectivity index (χ1) is 9.07. The van der Waals surface area contributed by atoms with Gasteiger partial charge in [0.2, 0.25) is 0 Å². The predicted octanol–water partition coefficient (Wildman–Crippen LogP) is 2.22. The highest BCUT2D eigenvalue weighted by Crippen LogP contribution is 2.35. The van der Waals surface area contributed by atoms with Crippen molar-refractivity contribution in [3.63, 3.8) is 0 Å². The van der Waals surface area contributed by atoms with Crippen LogP contribution in [0.1, 0.15) is 51.9 Å². The molecule has 2 fully saturated rings. The number of hydrogen-bond acceptors (Lipinski definition) is 2. The Kier molecular flexibility index (Phi) is 4.32. The number of rotatable bonds is 4. The van der Waals surface area contributed by atoms with Gasteiger partial charge in [-0.25, -0.2) is 4.79 Å². The lowest BCUT2D eigenvalue weighted by molar-refractivity contribution is -0.152. The van der Waals surface area contributed by atoms with Gasteiger partial charge in [-0.1, -0.05) is 13.3 Å². The van der Waals surface area contributed by atoms with Gasteiger partial charge in [0.25, 0.3) is 0 Å². The van der Waals surface area contributed by atoms with Crippen LogP contribution >= 0.6 is 0 Å². The van der Waals surface area contributed by atoms with E-state index in [4.69, 9.17) is 0 Å². The van der Waals surface area contributed by atoms with E-state index in [0.717, 1.165) is 25.7 Å². The van der Waals surface area contributed by atoms with E-state index in [1.807, 2.05) is 6.92 Å². The third-order valence-corrected chi connectivity index (χ3v) is 4.48. The van der Waals surface area contributed by atoms with Crippen LogP contribution in [0.25, 0.3) is 0 Å². The van der Waals surface area contributed by atoms with Gasteiger partial charge < -0.3 is 15.3 Å². The molecule has 1 aliphatic heterocycles. The molecule has 0 bridgehead atoms. The predicted molar refractivity (Wildman–Crippen MR) is 72.0 cm³/mol. The van der Waals surface area contributed by atoms with E-state index in [0.29, 0.717) is 32.0 Å². The molecule has 5 heteroatoms. The van der Waals surface area contributed by atoms with Crippen molar-refractivity contribution in [2.24, 2.45) is 5.41 Å². The topological polar surface area (TPSA) is 69.6 Å². The average molecular weight is 268 g/mol. The van der Waals surface area contributed by atoms with Crippen molar-refractivity contribution < 1.29 is 14.7 Å². The van der Waals surface area contributed by atoms with Gasteiger partial charge in [-0.15, -0.1) is 0 Å². The Morgan fingerprint density at radius 1 is 1.37 bits per heavy atom. The van der Waals surface area contributed by atoms with E-state index >= 15 is 0 Å². The summed E-state index contributed by atoms with van der Waals surface area (Å²) in [4.78, 5) is 25.4. The molecule has 2 N–H and O–H groups in total. The molecule has 0 aromatic carbocycles. The minimum Gasteiger partial charge on any atom is -0.481 e. The Bertz CT molecular complexity index is 351. The van der Waals surface area contributed by atoms with Crippen molar-refractivity contribution in [2.75, 3.05) is 13.1 Å². The van der Waals surface area contributed by atoms with Crippen LogP contribution in [-0.4, -0.2) is 41.1 Å². The number of nitrogens with zero attached hydrogens (tertiary/aromatic N) is 1. The molecule has 1 saturated carbocycles. The molecule has 19 heavy (non-hydrogen) atoms. The zero-order chi connectivity index (χ0) is 13.9. The number of carboxylic acid groups (broad SMARTS) is 1. The molecular weight excluding hydrogens is 244 g/mol. The Morgan fingerprint density at radius 3 is 2.63 bits per heavy atom. The summed E-state index contributed by atoms with van der Waals surface area (Å²) >= 11 is 0. The van der Waals surface area contributed by atoms with E-state index in [-0.39, 0.29) is 6.03 Å². The first kappa shape index (κ1) is 14.2. The van der Waals surface area contributed by atoms with Gasteiger partial charge in [0, 0.05) is 19.1 Å². The van der Waals surface area contributed by atoms with E-state index in [1.54, 1.807) is 4.90 Å². The SMILES string of the molecule is CCCC1(C(=O)O)CCCN(C(=O)NC2CCC2)C1. The number of carbonyl (C=O) groups excluding carboxylic acids is 1. The van der Waals surface area contributed by atoms with Crippen molar-refractivity contribution in [3.8, 4) is 0 Å². The third-order valence-electron chi connectivity index (χ3n) is 4.48.